The molecule has 0 saturated carbocycles. The molecule has 3 N–H and O–H groups in total. The Balaban J connectivity index is 2.39. The summed E-state index contributed by atoms with van der Waals surface area (Å²) in [5, 5.41) is 21.8. The van der Waals surface area contributed by atoms with Crippen LogP contribution in [0.15, 0.2) is 27.8 Å². The Morgan fingerprint density at radius 1 is 1.23 bits per heavy atom. The number of nitrogens with zero attached hydrogens (tertiary/aromatic N) is 2. The lowest BCUT2D eigenvalue weighted by Crippen LogP contribution is -2.56. The molecule has 0 bridgehead atoms. The zero-order chi connectivity index (χ0) is 29.2. The van der Waals surface area contributed by atoms with Crippen molar-refractivity contribution in [3.63, 3.8) is 0 Å². The number of aromatic nitrogens is 2. The Labute approximate surface area is 227 Å². The van der Waals surface area contributed by atoms with Gasteiger partial charge in [-0.05, 0) is 58.4 Å². The molecule has 11 nitrogen and oxygen atoms in total. The molecule has 2 aromatic heterocycles. The predicted molar refractivity (Wildman–Crippen MR) is 143 cm³/mol. The molecule has 0 aliphatic carbocycles. The predicted octanol–water partition coefficient (Wildman–Crippen LogP) is 2.39. The maximum Gasteiger partial charge on any atom is 0.346 e. The van der Waals surface area contributed by atoms with E-state index in [1.54, 1.807) is 13.8 Å². The van der Waals surface area contributed by atoms with E-state index in [0.717, 1.165) is 20.5 Å². The van der Waals surface area contributed by atoms with Crippen molar-refractivity contribution in [3.8, 4) is 5.75 Å². The number of carboxylic acid groups (broad SMARTS) is 1. The first-order valence-corrected chi connectivity index (χ1v) is 13.0. The second-order valence-corrected chi connectivity index (χ2v) is 10.7. The number of thiophene rings is 1. The third-order valence-corrected chi connectivity index (χ3v) is 7.54. The number of amides is 1. The van der Waals surface area contributed by atoms with Gasteiger partial charge in [0.05, 0.1) is 32.3 Å². The summed E-state index contributed by atoms with van der Waals surface area (Å²) in [6.45, 7) is 6.90. The summed E-state index contributed by atoms with van der Waals surface area (Å²) in [6.07, 6.45) is -1.06. The van der Waals surface area contributed by atoms with Crippen LogP contribution >= 0.6 is 11.3 Å². The van der Waals surface area contributed by atoms with Gasteiger partial charge in [0.1, 0.15) is 32.9 Å². The standard InChI is InChI=1S/C26H32FN3O8S/c1-13(2)28-24(35)26(4,5)30-21(32)19-14(3)20(23(33)34)39-22(19)29(25(30)36)12-18(38-10-9-31)16-11-15(27)7-8-17(16)37-6/h7-8,11,13,18,31H,9-10,12H2,1-6H3,(H,28,35)(H,33,34). The van der Waals surface area contributed by atoms with Crippen molar-refractivity contribution in [2.75, 3.05) is 20.3 Å². The van der Waals surface area contributed by atoms with Crippen LogP contribution in [0, 0.1) is 12.7 Å². The Hall–Kier alpha value is -3.55. The first-order chi connectivity index (χ1) is 18.3. The van der Waals surface area contributed by atoms with Crippen LogP contribution in [0.4, 0.5) is 4.39 Å². The molecule has 3 rings (SSSR count). The molecule has 0 radical (unpaired) electrons. The lowest BCUT2D eigenvalue weighted by atomic mass is 10.0. The second kappa shape index (κ2) is 11.7. The van der Waals surface area contributed by atoms with Crippen molar-refractivity contribution in [1.29, 1.82) is 0 Å². The lowest BCUT2D eigenvalue weighted by Gasteiger charge is -2.28. The number of hydrogen-bond donors (Lipinski definition) is 3. The molecular weight excluding hydrogens is 533 g/mol. The molecule has 1 amide bonds. The van der Waals surface area contributed by atoms with Gasteiger partial charge < -0.3 is 25.0 Å². The summed E-state index contributed by atoms with van der Waals surface area (Å²) in [4.78, 5) is 52.7. The molecule has 0 fully saturated rings. The second-order valence-electron chi connectivity index (χ2n) is 9.73. The Kier molecular flexibility index (Phi) is 8.98. The first-order valence-electron chi connectivity index (χ1n) is 12.2. The Morgan fingerprint density at radius 3 is 2.46 bits per heavy atom. The summed E-state index contributed by atoms with van der Waals surface area (Å²) in [5.41, 5.74) is -2.99. The van der Waals surface area contributed by atoms with Crippen LogP contribution in [0.5, 0.6) is 5.75 Å². The monoisotopic (exact) mass is 565 g/mol. The van der Waals surface area contributed by atoms with Crippen molar-refractivity contribution >= 4 is 33.4 Å². The average molecular weight is 566 g/mol. The fourth-order valence-corrected chi connectivity index (χ4v) is 5.44. The highest BCUT2D eigenvalue weighted by atomic mass is 32.1. The molecule has 3 aromatic rings. The van der Waals surface area contributed by atoms with Crippen LogP contribution in [0.25, 0.3) is 10.2 Å². The van der Waals surface area contributed by atoms with Gasteiger partial charge in [-0.3, -0.25) is 14.2 Å². The van der Waals surface area contributed by atoms with Crippen molar-refractivity contribution < 1.29 is 33.7 Å². The van der Waals surface area contributed by atoms with E-state index >= 15 is 0 Å². The topological polar surface area (TPSA) is 149 Å². The quantitative estimate of drug-likeness (QED) is 0.321. The van der Waals surface area contributed by atoms with E-state index in [0.29, 0.717) is 0 Å². The van der Waals surface area contributed by atoms with Crippen molar-refractivity contribution in [3.05, 3.63) is 60.9 Å². The molecule has 0 aliphatic rings. The number of aliphatic hydroxyl groups is 1. The number of hydrogen-bond acceptors (Lipinski definition) is 8. The number of halogens is 1. The highest BCUT2D eigenvalue weighted by Gasteiger charge is 2.36. The third kappa shape index (κ3) is 5.75. The van der Waals surface area contributed by atoms with Gasteiger partial charge in [-0.15, -0.1) is 11.3 Å². The van der Waals surface area contributed by atoms with E-state index in [-0.39, 0.29) is 57.8 Å². The average Bonchev–Trinajstić information content (AvgIpc) is 3.20. The van der Waals surface area contributed by atoms with Gasteiger partial charge >= 0.3 is 11.7 Å². The number of aliphatic hydroxyl groups excluding tert-OH is 1. The highest BCUT2D eigenvalue weighted by molar-refractivity contribution is 7.20. The van der Waals surface area contributed by atoms with Crippen LogP contribution < -0.4 is 21.3 Å². The minimum Gasteiger partial charge on any atom is -0.496 e. The van der Waals surface area contributed by atoms with Gasteiger partial charge in [-0.1, -0.05) is 0 Å². The number of aromatic carboxylic acids is 1. The van der Waals surface area contributed by atoms with E-state index in [2.05, 4.69) is 5.32 Å². The van der Waals surface area contributed by atoms with Crippen molar-refractivity contribution in [2.24, 2.45) is 0 Å². The Morgan fingerprint density at radius 2 is 1.90 bits per heavy atom. The number of aryl methyl sites for hydroxylation is 1. The fraction of sp³-hybridized carbons (Fsp3) is 0.462. The van der Waals surface area contributed by atoms with E-state index in [9.17, 15) is 33.8 Å². The van der Waals surface area contributed by atoms with Crippen LogP contribution in [-0.2, 0) is 21.6 Å². The maximum atomic E-state index is 14.3. The zero-order valence-electron chi connectivity index (χ0n) is 22.5. The summed E-state index contributed by atoms with van der Waals surface area (Å²) < 4.78 is 27.4. The number of fused-ring (bicyclic) bond motifs is 1. The van der Waals surface area contributed by atoms with Crippen molar-refractivity contribution in [2.45, 2.75) is 58.8 Å². The molecular formula is C26H32FN3O8S. The van der Waals surface area contributed by atoms with Crippen molar-refractivity contribution in [1.82, 2.24) is 14.5 Å². The van der Waals surface area contributed by atoms with Crippen LogP contribution in [0.2, 0.25) is 0 Å². The van der Waals surface area contributed by atoms with E-state index in [4.69, 9.17) is 9.47 Å². The maximum absolute atomic E-state index is 14.3. The molecule has 0 saturated heterocycles. The fourth-order valence-electron chi connectivity index (χ4n) is 4.30. The first kappa shape index (κ1) is 30.0. The van der Waals surface area contributed by atoms with Gasteiger partial charge in [0, 0.05) is 11.6 Å². The molecule has 1 unspecified atom stereocenters. The number of benzene rings is 1. The summed E-state index contributed by atoms with van der Waals surface area (Å²) in [7, 11) is 1.38. The van der Waals surface area contributed by atoms with Crippen LogP contribution in [0.1, 0.15) is 54.6 Å². The number of ether oxygens (including phenoxy) is 2. The Bertz CT molecular complexity index is 1520. The molecule has 212 valence electrons. The molecule has 0 aliphatic heterocycles. The molecule has 1 atom stereocenters. The molecule has 1 aromatic carbocycles. The number of nitrogens with one attached hydrogen (secondary N) is 1. The lowest BCUT2D eigenvalue weighted by molar-refractivity contribution is -0.129. The summed E-state index contributed by atoms with van der Waals surface area (Å²) in [6, 6.07) is 3.46. The molecule has 0 spiro atoms. The number of carbonyl (C=O) groups is 2. The minimum atomic E-state index is -1.66. The minimum absolute atomic E-state index is 0.0328. The normalized spacial score (nSPS) is 12.6. The van der Waals surface area contributed by atoms with Gasteiger partial charge in [-0.25, -0.2) is 18.5 Å². The molecule has 13 heteroatoms. The van der Waals surface area contributed by atoms with Gasteiger partial charge in [0.25, 0.3) is 5.56 Å². The summed E-state index contributed by atoms with van der Waals surface area (Å²) in [5.74, 6) is -2.22. The smallest absolute Gasteiger partial charge is 0.346 e. The van der Waals surface area contributed by atoms with Gasteiger partial charge in [0.15, 0.2) is 0 Å². The van der Waals surface area contributed by atoms with Gasteiger partial charge in [-0.2, -0.15) is 0 Å². The molecule has 2 heterocycles. The highest BCUT2D eigenvalue weighted by Crippen LogP contribution is 2.33. The van der Waals surface area contributed by atoms with E-state index in [1.165, 1.54) is 46.1 Å². The summed E-state index contributed by atoms with van der Waals surface area (Å²) >= 11 is 0.739. The van der Waals surface area contributed by atoms with E-state index in [1.807, 2.05) is 0 Å². The molecule has 39 heavy (non-hydrogen) atoms. The largest absolute Gasteiger partial charge is 0.496 e. The van der Waals surface area contributed by atoms with E-state index < -0.39 is 40.6 Å². The number of carbonyl (C=O) groups excluding carboxylic acids is 1. The SMILES string of the molecule is COc1ccc(F)cc1C(Cn1c(=O)n(C(C)(C)C(=O)NC(C)C)c(=O)c2c(C)c(C(=O)O)sc21)OCCO. The van der Waals surface area contributed by atoms with Crippen LogP contribution in [0.3, 0.4) is 0 Å². The van der Waals surface area contributed by atoms with Crippen LogP contribution in [-0.4, -0.2) is 57.6 Å². The third-order valence-electron chi connectivity index (χ3n) is 6.24. The van der Waals surface area contributed by atoms with Gasteiger partial charge in [0.2, 0.25) is 5.91 Å². The zero-order valence-corrected chi connectivity index (χ0v) is 23.3. The number of methoxy groups -OCH3 is 1. The number of carboxylic acids is 1. The number of rotatable bonds is 11.